The maximum atomic E-state index is 9.16. The van der Waals surface area contributed by atoms with Crippen molar-refractivity contribution in [1.82, 2.24) is 15.0 Å². The van der Waals surface area contributed by atoms with Gasteiger partial charge < -0.3 is 0 Å². The molecule has 2 aromatic heterocycles. The van der Waals surface area contributed by atoms with Crippen molar-refractivity contribution in [1.29, 1.82) is 5.26 Å². The Hall–Kier alpha value is -3.58. The molecule has 0 unspecified atom stereocenters. The minimum Gasteiger partial charge on any atom is -0.264 e. The van der Waals surface area contributed by atoms with E-state index in [-0.39, 0.29) is 0 Å². The average Bonchev–Trinajstić information content (AvgIpc) is 2.68. The molecule has 2 aromatic carbocycles. The van der Waals surface area contributed by atoms with Crippen LogP contribution in [0.1, 0.15) is 5.56 Å². The van der Waals surface area contributed by atoms with Gasteiger partial charge in [-0.1, -0.05) is 30.3 Å². The first kappa shape index (κ1) is 14.0. The lowest BCUT2D eigenvalue weighted by Crippen LogP contribution is -1.95. The van der Waals surface area contributed by atoms with E-state index in [9.17, 15) is 0 Å². The van der Waals surface area contributed by atoms with Crippen molar-refractivity contribution in [3.63, 3.8) is 0 Å². The fourth-order valence-corrected chi connectivity index (χ4v) is 2.66. The Labute approximate surface area is 139 Å². The standard InChI is InChI=1S/C20H12N4/c21-12-14-5-3-6-15(11-14)19-17-8-1-2-9-18(17)23-20(24-19)16-7-4-10-22-13-16/h1-11,13H. The van der Waals surface area contributed by atoms with Crippen molar-refractivity contribution in [3.8, 4) is 28.7 Å². The van der Waals surface area contributed by atoms with Gasteiger partial charge in [0.05, 0.1) is 22.8 Å². The molecule has 2 heterocycles. The highest BCUT2D eigenvalue weighted by Crippen LogP contribution is 2.29. The zero-order valence-corrected chi connectivity index (χ0v) is 12.7. The number of hydrogen-bond donors (Lipinski definition) is 0. The SMILES string of the molecule is N#Cc1cccc(-c2nc(-c3cccnc3)nc3ccccc23)c1. The first-order valence-electron chi connectivity index (χ1n) is 7.53. The van der Waals surface area contributed by atoms with E-state index >= 15 is 0 Å². The molecule has 0 radical (unpaired) electrons. The Morgan fingerprint density at radius 3 is 2.54 bits per heavy atom. The van der Waals surface area contributed by atoms with Crippen LogP contribution in [0.25, 0.3) is 33.5 Å². The molecule has 24 heavy (non-hydrogen) atoms. The summed E-state index contributed by atoms with van der Waals surface area (Å²) in [6.45, 7) is 0. The first-order valence-corrected chi connectivity index (χ1v) is 7.53. The Morgan fingerprint density at radius 1 is 0.833 bits per heavy atom. The minimum atomic E-state index is 0.609. The van der Waals surface area contributed by atoms with Crippen molar-refractivity contribution < 1.29 is 0 Å². The molecule has 0 aliphatic heterocycles. The van der Waals surface area contributed by atoms with Crippen LogP contribution in [-0.4, -0.2) is 15.0 Å². The lowest BCUT2D eigenvalue weighted by Gasteiger charge is -2.09. The van der Waals surface area contributed by atoms with Gasteiger partial charge >= 0.3 is 0 Å². The number of aromatic nitrogens is 3. The zero-order chi connectivity index (χ0) is 16.4. The van der Waals surface area contributed by atoms with Gasteiger partial charge in [0.2, 0.25) is 0 Å². The molecule has 0 amide bonds. The molecular formula is C20H12N4. The lowest BCUT2D eigenvalue weighted by atomic mass is 10.0. The molecule has 4 nitrogen and oxygen atoms in total. The summed E-state index contributed by atoms with van der Waals surface area (Å²) in [5.74, 6) is 0.624. The molecule has 4 aromatic rings. The Morgan fingerprint density at radius 2 is 1.71 bits per heavy atom. The Bertz CT molecular complexity index is 1070. The molecule has 0 N–H and O–H groups in total. The summed E-state index contributed by atoms with van der Waals surface area (Å²) in [5.41, 5.74) is 4.05. The maximum absolute atomic E-state index is 9.16. The quantitative estimate of drug-likeness (QED) is 0.556. The number of rotatable bonds is 2. The molecular weight excluding hydrogens is 296 g/mol. The normalized spacial score (nSPS) is 10.5. The van der Waals surface area contributed by atoms with E-state index in [1.807, 2.05) is 54.6 Å². The number of pyridine rings is 1. The van der Waals surface area contributed by atoms with Crippen LogP contribution < -0.4 is 0 Å². The second-order valence-electron chi connectivity index (χ2n) is 5.35. The number of hydrogen-bond acceptors (Lipinski definition) is 4. The third-order valence-electron chi connectivity index (χ3n) is 3.79. The van der Waals surface area contributed by atoms with Crippen molar-refractivity contribution >= 4 is 10.9 Å². The summed E-state index contributed by atoms with van der Waals surface area (Å²) < 4.78 is 0. The number of nitrogens with zero attached hydrogens (tertiary/aromatic N) is 4. The third-order valence-corrected chi connectivity index (χ3v) is 3.79. The summed E-state index contributed by atoms with van der Waals surface area (Å²) in [4.78, 5) is 13.6. The molecule has 0 atom stereocenters. The van der Waals surface area contributed by atoms with Gasteiger partial charge in [0.15, 0.2) is 5.82 Å². The van der Waals surface area contributed by atoms with Crippen LogP contribution >= 0.6 is 0 Å². The van der Waals surface area contributed by atoms with Gasteiger partial charge in [-0.3, -0.25) is 4.98 Å². The highest BCUT2D eigenvalue weighted by molar-refractivity contribution is 5.93. The Balaban J connectivity index is 2.01. The van der Waals surface area contributed by atoms with Crippen LogP contribution in [0.4, 0.5) is 0 Å². The lowest BCUT2D eigenvalue weighted by molar-refractivity contribution is 1.21. The summed E-state index contributed by atoms with van der Waals surface area (Å²) >= 11 is 0. The van der Waals surface area contributed by atoms with Crippen LogP contribution in [0.15, 0.2) is 73.1 Å². The van der Waals surface area contributed by atoms with E-state index < -0.39 is 0 Å². The summed E-state index contributed by atoms with van der Waals surface area (Å²) in [5, 5.41) is 10.1. The van der Waals surface area contributed by atoms with Gasteiger partial charge in [-0.2, -0.15) is 5.26 Å². The molecule has 112 valence electrons. The molecule has 4 rings (SSSR count). The van der Waals surface area contributed by atoms with Crippen LogP contribution in [0.5, 0.6) is 0 Å². The van der Waals surface area contributed by atoms with Crippen LogP contribution in [0, 0.1) is 11.3 Å². The topological polar surface area (TPSA) is 62.5 Å². The van der Waals surface area contributed by atoms with Gasteiger partial charge in [-0.05, 0) is 30.3 Å². The van der Waals surface area contributed by atoms with E-state index in [1.165, 1.54) is 0 Å². The van der Waals surface area contributed by atoms with Gasteiger partial charge in [0.1, 0.15) is 0 Å². The highest BCUT2D eigenvalue weighted by atomic mass is 14.9. The van der Waals surface area contributed by atoms with Crippen LogP contribution in [0.3, 0.4) is 0 Å². The summed E-state index contributed by atoms with van der Waals surface area (Å²) in [6.07, 6.45) is 3.47. The molecule has 4 heteroatoms. The maximum Gasteiger partial charge on any atom is 0.161 e. The van der Waals surface area contributed by atoms with Gasteiger partial charge in [-0.15, -0.1) is 0 Å². The smallest absolute Gasteiger partial charge is 0.161 e. The molecule has 0 aliphatic carbocycles. The van der Waals surface area contributed by atoms with E-state index in [4.69, 9.17) is 10.2 Å². The average molecular weight is 308 g/mol. The Kier molecular flexibility index (Phi) is 3.45. The fourth-order valence-electron chi connectivity index (χ4n) is 2.66. The molecule has 0 aliphatic rings. The molecule has 0 saturated heterocycles. The molecule has 0 bridgehead atoms. The zero-order valence-electron chi connectivity index (χ0n) is 12.7. The number of para-hydroxylation sites is 1. The third kappa shape index (κ3) is 2.49. The monoisotopic (exact) mass is 308 g/mol. The molecule has 0 fully saturated rings. The van der Waals surface area contributed by atoms with E-state index in [0.717, 1.165) is 27.7 Å². The number of nitriles is 1. The number of fused-ring (bicyclic) bond motifs is 1. The van der Waals surface area contributed by atoms with Crippen molar-refractivity contribution in [2.75, 3.05) is 0 Å². The van der Waals surface area contributed by atoms with Gasteiger partial charge in [0.25, 0.3) is 0 Å². The second kappa shape index (κ2) is 5.90. The van der Waals surface area contributed by atoms with Crippen molar-refractivity contribution in [3.05, 3.63) is 78.6 Å². The van der Waals surface area contributed by atoms with Crippen LogP contribution in [0.2, 0.25) is 0 Å². The molecule has 0 saturated carbocycles. The van der Waals surface area contributed by atoms with Gasteiger partial charge in [0, 0.05) is 28.9 Å². The van der Waals surface area contributed by atoms with Gasteiger partial charge in [-0.25, -0.2) is 9.97 Å². The second-order valence-corrected chi connectivity index (χ2v) is 5.35. The van der Waals surface area contributed by atoms with E-state index in [0.29, 0.717) is 11.4 Å². The fraction of sp³-hybridized carbons (Fsp3) is 0. The molecule has 0 spiro atoms. The number of benzene rings is 2. The predicted molar refractivity (Wildman–Crippen MR) is 92.9 cm³/mol. The minimum absolute atomic E-state index is 0.609. The summed E-state index contributed by atoms with van der Waals surface area (Å²) in [6, 6.07) is 21.3. The van der Waals surface area contributed by atoms with E-state index in [1.54, 1.807) is 18.5 Å². The van der Waals surface area contributed by atoms with E-state index in [2.05, 4.69) is 16.0 Å². The van der Waals surface area contributed by atoms with Crippen LogP contribution in [-0.2, 0) is 0 Å². The predicted octanol–water partition coefficient (Wildman–Crippen LogP) is 4.23. The first-order chi connectivity index (χ1) is 11.8. The van der Waals surface area contributed by atoms with Crippen molar-refractivity contribution in [2.24, 2.45) is 0 Å². The highest BCUT2D eigenvalue weighted by Gasteiger charge is 2.11. The largest absolute Gasteiger partial charge is 0.264 e. The summed E-state index contributed by atoms with van der Waals surface area (Å²) in [7, 11) is 0. The van der Waals surface area contributed by atoms with Crippen molar-refractivity contribution in [2.45, 2.75) is 0 Å².